The molecule has 3 aromatic rings. The molecular weight excluding hydrogens is 450 g/mol. The van der Waals surface area contributed by atoms with E-state index in [1.165, 1.54) is 36.4 Å². The van der Waals surface area contributed by atoms with Gasteiger partial charge in [-0.3, -0.25) is 4.79 Å². The van der Waals surface area contributed by atoms with Crippen molar-refractivity contribution in [1.29, 1.82) is 0 Å². The maximum absolute atomic E-state index is 13.3. The summed E-state index contributed by atoms with van der Waals surface area (Å²) in [6, 6.07) is 20.6. The molecule has 3 rings (SSSR count). The fourth-order valence-corrected chi connectivity index (χ4v) is 4.86. The summed E-state index contributed by atoms with van der Waals surface area (Å²) in [7, 11) is -7.81. The summed E-state index contributed by atoms with van der Waals surface area (Å²) < 4.78 is 50.3. The average molecular weight is 474 g/mol. The van der Waals surface area contributed by atoms with E-state index < -0.39 is 32.5 Å². The van der Waals surface area contributed by atoms with E-state index in [1.54, 1.807) is 36.4 Å². The van der Waals surface area contributed by atoms with Gasteiger partial charge in [-0.05, 0) is 48.9 Å². The van der Waals surface area contributed by atoms with E-state index in [1.807, 2.05) is 13.0 Å². The van der Waals surface area contributed by atoms with E-state index in [4.69, 9.17) is 5.14 Å². The van der Waals surface area contributed by atoms with Crippen LogP contribution in [-0.4, -0.2) is 33.6 Å². The van der Waals surface area contributed by atoms with E-state index in [0.29, 0.717) is 5.69 Å². The molecule has 0 saturated carbocycles. The Morgan fingerprint density at radius 1 is 0.844 bits per heavy atom. The molecule has 0 aliphatic rings. The molecule has 0 unspecified atom stereocenters. The van der Waals surface area contributed by atoms with Gasteiger partial charge in [0.05, 0.1) is 16.3 Å². The molecule has 10 heteroatoms. The molecule has 0 saturated heterocycles. The first-order valence-electron chi connectivity index (χ1n) is 9.59. The molecule has 168 valence electrons. The summed E-state index contributed by atoms with van der Waals surface area (Å²) >= 11 is 0. The van der Waals surface area contributed by atoms with Gasteiger partial charge in [-0.2, -0.15) is 4.31 Å². The lowest BCUT2D eigenvalue weighted by Crippen LogP contribution is -2.37. The van der Waals surface area contributed by atoms with Crippen LogP contribution in [0.3, 0.4) is 0 Å². The summed E-state index contributed by atoms with van der Waals surface area (Å²) in [5.41, 5.74) is 1.96. The van der Waals surface area contributed by atoms with E-state index in [-0.39, 0.29) is 16.3 Å². The maximum atomic E-state index is 13.3. The minimum Gasteiger partial charge on any atom is -0.325 e. The van der Waals surface area contributed by atoms with Crippen molar-refractivity contribution in [3.63, 3.8) is 0 Å². The summed E-state index contributed by atoms with van der Waals surface area (Å²) in [6.45, 7) is 1.43. The van der Waals surface area contributed by atoms with Crippen molar-refractivity contribution in [1.82, 2.24) is 4.31 Å². The first-order valence-corrected chi connectivity index (χ1v) is 12.6. The molecule has 0 aromatic heterocycles. The number of carbonyl (C=O) groups is 1. The minimum absolute atomic E-state index is 0.00875. The molecule has 3 N–H and O–H groups in total. The molecule has 0 fully saturated rings. The Bertz CT molecular complexity index is 1290. The van der Waals surface area contributed by atoms with Crippen molar-refractivity contribution in [2.24, 2.45) is 5.14 Å². The third-order valence-corrected chi connectivity index (χ3v) is 7.38. The van der Waals surface area contributed by atoms with Gasteiger partial charge in [-0.25, -0.2) is 22.0 Å². The quantitative estimate of drug-likeness (QED) is 0.520. The Balaban J connectivity index is 1.83. The lowest BCUT2D eigenvalue weighted by molar-refractivity contribution is -0.116. The Morgan fingerprint density at radius 2 is 1.41 bits per heavy atom. The zero-order valence-electron chi connectivity index (χ0n) is 17.3. The maximum Gasteiger partial charge on any atom is 0.243 e. The number of carbonyl (C=O) groups excluding carboxylic acids is 1. The van der Waals surface area contributed by atoms with Crippen LogP contribution < -0.4 is 10.5 Å². The highest BCUT2D eigenvalue weighted by atomic mass is 32.2. The number of hydrogen-bond donors (Lipinski definition) is 2. The number of nitrogens with two attached hydrogens (primary N) is 1. The second-order valence-corrected chi connectivity index (χ2v) is 10.7. The van der Waals surface area contributed by atoms with Gasteiger partial charge < -0.3 is 5.32 Å². The van der Waals surface area contributed by atoms with Crippen LogP contribution in [0.2, 0.25) is 0 Å². The van der Waals surface area contributed by atoms with Crippen LogP contribution in [-0.2, 0) is 31.4 Å². The minimum atomic E-state index is -3.95. The smallest absolute Gasteiger partial charge is 0.243 e. The van der Waals surface area contributed by atoms with Crippen LogP contribution in [0.1, 0.15) is 11.1 Å². The van der Waals surface area contributed by atoms with Gasteiger partial charge in [0.2, 0.25) is 26.0 Å². The third kappa shape index (κ3) is 6.01. The zero-order valence-corrected chi connectivity index (χ0v) is 18.9. The Morgan fingerprint density at radius 3 is 1.97 bits per heavy atom. The van der Waals surface area contributed by atoms with Crippen molar-refractivity contribution < 1.29 is 21.6 Å². The van der Waals surface area contributed by atoms with Crippen LogP contribution in [0.15, 0.2) is 88.7 Å². The molecule has 3 aromatic carbocycles. The Kier molecular flexibility index (Phi) is 7.09. The number of benzene rings is 3. The molecule has 32 heavy (non-hydrogen) atoms. The third-order valence-electron chi connectivity index (χ3n) is 4.65. The number of aryl methyl sites for hydroxylation is 1. The second kappa shape index (κ2) is 9.61. The van der Waals surface area contributed by atoms with Gasteiger partial charge in [0.15, 0.2) is 0 Å². The highest BCUT2D eigenvalue weighted by Gasteiger charge is 2.27. The summed E-state index contributed by atoms with van der Waals surface area (Å²) in [5, 5.41) is 7.66. The SMILES string of the molecule is Cc1ccc(S(=O)(=O)N(CC(=O)Nc2ccc(S(N)(=O)=O)cc2)Cc2ccccc2)cc1. The number of rotatable bonds is 8. The lowest BCUT2D eigenvalue weighted by atomic mass is 10.2. The first kappa shape index (κ1) is 23.6. The monoisotopic (exact) mass is 473 g/mol. The van der Waals surface area contributed by atoms with Crippen molar-refractivity contribution in [2.75, 3.05) is 11.9 Å². The fraction of sp³-hybridized carbons (Fsp3) is 0.136. The molecule has 0 radical (unpaired) electrons. The van der Waals surface area contributed by atoms with Gasteiger partial charge in [-0.15, -0.1) is 0 Å². The van der Waals surface area contributed by atoms with Crippen LogP contribution >= 0.6 is 0 Å². The molecule has 8 nitrogen and oxygen atoms in total. The summed E-state index contributed by atoms with van der Waals surface area (Å²) in [4.78, 5) is 12.7. The highest BCUT2D eigenvalue weighted by molar-refractivity contribution is 7.89. The molecule has 0 aliphatic heterocycles. The highest BCUT2D eigenvalue weighted by Crippen LogP contribution is 2.20. The molecule has 0 atom stereocenters. The van der Waals surface area contributed by atoms with Gasteiger partial charge in [0.25, 0.3) is 0 Å². The van der Waals surface area contributed by atoms with E-state index in [2.05, 4.69) is 5.32 Å². The van der Waals surface area contributed by atoms with E-state index >= 15 is 0 Å². The molecule has 0 aliphatic carbocycles. The number of sulfonamides is 2. The van der Waals surface area contributed by atoms with Crippen LogP contribution in [0.25, 0.3) is 0 Å². The zero-order chi connectivity index (χ0) is 23.4. The predicted molar refractivity (Wildman–Crippen MR) is 122 cm³/mol. The summed E-state index contributed by atoms with van der Waals surface area (Å²) in [5.74, 6) is -0.569. The van der Waals surface area contributed by atoms with Gasteiger partial charge in [0, 0.05) is 12.2 Å². The first-order chi connectivity index (χ1) is 15.1. The second-order valence-electron chi connectivity index (χ2n) is 7.19. The standard InChI is InChI=1S/C22H23N3O5S2/c1-17-7-11-21(12-8-17)32(29,30)25(15-18-5-3-2-4-6-18)16-22(26)24-19-9-13-20(14-10-19)31(23,27)28/h2-14H,15-16H2,1H3,(H,24,26)(H2,23,27,28). The average Bonchev–Trinajstić information content (AvgIpc) is 2.74. The lowest BCUT2D eigenvalue weighted by Gasteiger charge is -2.22. The van der Waals surface area contributed by atoms with Gasteiger partial charge >= 0.3 is 0 Å². The number of nitrogens with one attached hydrogen (secondary N) is 1. The number of amides is 1. The predicted octanol–water partition coefficient (Wildman–Crippen LogP) is 2.47. The number of anilines is 1. The van der Waals surface area contributed by atoms with E-state index in [0.717, 1.165) is 15.4 Å². The number of nitrogens with zero attached hydrogens (tertiary/aromatic N) is 1. The van der Waals surface area contributed by atoms with Crippen LogP contribution in [0.5, 0.6) is 0 Å². The van der Waals surface area contributed by atoms with Crippen molar-refractivity contribution in [2.45, 2.75) is 23.3 Å². The van der Waals surface area contributed by atoms with Crippen molar-refractivity contribution in [3.8, 4) is 0 Å². The van der Waals surface area contributed by atoms with E-state index in [9.17, 15) is 21.6 Å². The topological polar surface area (TPSA) is 127 Å². The summed E-state index contributed by atoms with van der Waals surface area (Å²) in [6.07, 6.45) is 0. The Labute approximate surface area is 187 Å². The fourth-order valence-electron chi connectivity index (χ4n) is 2.96. The normalized spacial score (nSPS) is 12.0. The number of primary sulfonamides is 1. The molecular formula is C22H23N3O5S2. The molecule has 1 amide bonds. The van der Waals surface area contributed by atoms with Gasteiger partial charge in [-0.1, -0.05) is 48.0 Å². The van der Waals surface area contributed by atoms with Crippen molar-refractivity contribution >= 4 is 31.6 Å². The molecule has 0 spiro atoms. The van der Waals surface area contributed by atoms with Gasteiger partial charge in [0.1, 0.15) is 0 Å². The number of hydrogen-bond acceptors (Lipinski definition) is 5. The molecule has 0 bridgehead atoms. The largest absolute Gasteiger partial charge is 0.325 e. The Hall–Kier alpha value is -3.05. The van der Waals surface area contributed by atoms with Crippen molar-refractivity contribution in [3.05, 3.63) is 90.0 Å². The van der Waals surface area contributed by atoms with Crippen LogP contribution in [0.4, 0.5) is 5.69 Å². The molecule has 0 heterocycles. The van der Waals surface area contributed by atoms with Crippen LogP contribution in [0, 0.1) is 6.92 Å².